The molecule has 4 nitrogen and oxygen atoms in total. The smallest absolute Gasteiger partial charge is 0.0919 e. The number of H-pyrrole nitrogens is 2. The molecule has 0 amide bonds. The minimum absolute atomic E-state index is 0.569. The molecule has 7 heteroatoms. The van der Waals surface area contributed by atoms with Gasteiger partial charge in [0.25, 0.3) is 0 Å². The van der Waals surface area contributed by atoms with Crippen LogP contribution in [-0.2, 0) is 12.7 Å². The van der Waals surface area contributed by atoms with Crippen molar-refractivity contribution in [3.63, 3.8) is 0 Å². The van der Waals surface area contributed by atoms with Crippen LogP contribution in [0.1, 0.15) is 0 Å². The Balaban J connectivity index is 0.000000174. The van der Waals surface area contributed by atoms with Crippen LogP contribution in [0.3, 0.4) is 0 Å². The average Bonchev–Trinajstić information content (AvgIpc) is 2.85. The van der Waals surface area contributed by atoms with Gasteiger partial charge in [-0.3, -0.25) is 0 Å². The molecule has 0 saturated carbocycles. The first-order valence-electron chi connectivity index (χ1n) is 3.09. The van der Waals surface area contributed by atoms with E-state index in [0.29, 0.717) is 12.7 Å². The summed E-state index contributed by atoms with van der Waals surface area (Å²) in [5.41, 5.74) is 0. The summed E-state index contributed by atoms with van der Waals surface area (Å²) in [6.07, 6.45) is 10.2. The van der Waals surface area contributed by atoms with Crippen molar-refractivity contribution in [2.24, 2.45) is 0 Å². The minimum Gasteiger partial charge on any atom is -0.351 e. The van der Waals surface area contributed by atoms with E-state index < -0.39 is 0 Å². The average molecular weight is 266 g/mol. The number of halogens is 2. The van der Waals surface area contributed by atoms with Gasteiger partial charge in [-0.05, 0) is 0 Å². The van der Waals surface area contributed by atoms with Crippen LogP contribution in [-0.4, -0.2) is 19.9 Å². The molecule has 0 aliphatic heterocycles. The van der Waals surface area contributed by atoms with Crippen molar-refractivity contribution in [2.75, 3.05) is 0 Å². The van der Waals surface area contributed by atoms with E-state index in [0.717, 1.165) is 0 Å². The number of imidazole rings is 2. The summed E-state index contributed by atoms with van der Waals surface area (Å²) in [7, 11) is 9.40. The van der Waals surface area contributed by atoms with E-state index >= 15 is 0 Å². The predicted molar refractivity (Wildman–Crippen MR) is 48.9 cm³/mol. The molecule has 0 unspecified atom stereocenters. The van der Waals surface area contributed by atoms with Gasteiger partial charge in [-0.25, -0.2) is 9.97 Å². The Labute approximate surface area is 90.4 Å². The summed E-state index contributed by atoms with van der Waals surface area (Å²) in [6.45, 7) is 0. The molecule has 76 valence electrons. The fourth-order valence-electron chi connectivity index (χ4n) is 0.430. The molecule has 0 radical (unpaired) electrons. The second-order valence-electron chi connectivity index (χ2n) is 1.57. The van der Waals surface area contributed by atoms with Crippen molar-refractivity contribution >= 4 is 20.4 Å². The van der Waals surface area contributed by atoms with E-state index in [2.05, 4.69) is 19.9 Å². The summed E-state index contributed by atoms with van der Waals surface area (Å²) in [5, 5.41) is 0. The Hall–Kier alpha value is -0.506. The number of rotatable bonds is 0. The van der Waals surface area contributed by atoms with Gasteiger partial charge in [0.05, 0.1) is 12.7 Å². The molecule has 0 saturated heterocycles. The van der Waals surface area contributed by atoms with Crippen molar-refractivity contribution in [3.05, 3.63) is 37.4 Å². The maximum Gasteiger partial charge on any atom is 0.0919 e. The predicted octanol–water partition coefficient (Wildman–Crippen LogP) is 2.20. The molecular formula is C6H8Cl2N4Ni. The number of hydrogen-bond acceptors (Lipinski definition) is 2. The van der Waals surface area contributed by atoms with Crippen LogP contribution >= 0.6 is 20.4 Å². The molecular weight excluding hydrogens is 258 g/mol. The third-order valence-electron chi connectivity index (χ3n) is 0.812. The van der Waals surface area contributed by atoms with Crippen molar-refractivity contribution in [1.29, 1.82) is 0 Å². The monoisotopic (exact) mass is 264 g/mol. The van der Waals surface area contributed by atoms with Crippen LogP contribution in [0.25, 0.3) is 0 Å². The van der Waals surface area contributed by atoms with Gasteiger partial charge in [0, 0.05) is 24.8 Å². The van der Waals surface area contributed by atoms with Gasteiger partial charge in [-0.15, -0.1) is 0 Å². The molecule has 0 aliphatic rings. The first-order valence-corrected chi connectivity index (χ1v) is 5.81. The second-order valence-corrected chi connectivity index (χ2v) is 3.20. The topological polar surface area (TPSA) is 57.4 Å². The molecule has 2 rings (SSSR count). The number of nitrogens with one attached hydrogen (secondary N) is 2. The SMILES string of the molecule is [Cl][Ni][Cl].c1c[nH]cn1.c1c[nH]cn1. The summed E-state index contributed by atoms with van der Waals surface area (Å²) >= 11 is 0.569. The first-order chi connectivity index (χ1) is 6.41. The molecule has 2 aromatic rings. The van der Waals surface area contributed by atoms with Gasteiger partial charge >= 0.3 is 33.0 Å². The zero-order valence-corrected chi connectivity index (χ0v) is 8.93. The number of hydrogen-bond donors (Lipinski definition) is 2. The van der Waals surface area contributed by atoms with Gasteiger partial charge in [0.1, 0.15) is 0 Å². The summed E-state index contributed by atoms with van der Waals surface area (Å²) in [4.78, 5) is 12.8. The molecule has 0 bridgehead atoms. The van der Waals surface area contributed by atoms with Crippen LogP contribution in [0.4, 0.5) is 0 Å². The Morgan fingerprint density at radius 3 is 1.38 bits per heavy atom. The summed E-state index contributed by atoms with van der Waals surface area (Å²) in [6, 6.07) is 0. The van der Waals surface area contributed by atoms with Crippen LogP contribution in [0, 0.1) is 0 Å². The normalized spacial score (nSPS) is 7.85. The zero-order valence-electron chi connectivity index (χ0n) is 6.43. The van der Waals surface area contributed by atoms with Crippen molar-refractivity contribution < 1.29 is 12.7 Å². The molecule has 2 aromatic heterocycles. The van der Waals surface area contributed by atoms with Gasteiger partial charge < -0.3 is 9.97 Å². The number of nitrogens with zero attached hydrogens (tertiary/aromatic N) is 2. The van der Waals surface area contributed by atoms with Crippen LogP contribution in [0.2, 0.25) is 0 Å². The fraction of sp³-hybridized carbons (Fsp3) is 0. The summed E-state index contributed by atoms with van der Waals surface area (Å²) in [5.74, 6) is 0. The molecule has 13 heavy (non-hydrogen) atoms. The molecule has 0 atom stereocenters. The van der Waals surface area contributed by atoms with Crippen molar-refractivity contribution in [3.8, 4) is 0 Å². The van der Waals surface area contributed by atoms with Crippen LogP contribution in [0.15, 0.2) is 37.4 Å². The Bertz CT molecular complexity index is 174. The molecule has 2 N–H and O–H groups in total. The van der Waals surface area contributed by atoms with Gasteiger partial charge in [-0.1, -0.05) is 0 Å². The molecule has 0 aromatic carbocycles. The van der Waals surface area contributed by atoms with Crippen molar-refractivity contribution in [2.45, 2.75) is 0 Å². The van der Waals surface area contributed by atoms with Gasteiger partial charge in [0.15, 0.2) is 0 Å². The first kappa shape index (κ1) is 12.5. The maximum absolute atomic E-state index is 4.70. The largest absolute Gasteiger partial charge is 0.351 e. The molecule has 0 aliphatic carbocycles. The summed E-state index contributed by atoms with van der Waals surface area (Å²) < 4.78 is 0. The fourth-order valence-corrected chi connectivity index (χ4v) is 0.430. The number of aromatic nitrogens is 4. The third-order valence-corrected chi connectivity index (χ3v) is 0.812. The van der Waals surface area contributed by atoms with Crippen LogP contribution < -0.4 is 0 Å². The van der Waals surface area contributed by atoms with Gasteiger partial charge in [0.2, 0.25) is 0 Å². The quantitative estimate of drug-likeness (QED) is 0.718. The van der Waals surface area contributed by atoms with E-state index in [-0.39, 0.29) is 0 Å². The number of aromatic amines is 2. The molecule has 0 fully saturated rings. The van der Waals surface area contributed by atoms with Crippen LogP contribution in [0.5, 0.6) is 0 Å². The Kier molecular flexibility index (Phi) is 11.0. The van der Waals surface area contributed by atoms with E-state index in [1.54, 1.807) is 37.4 Å². The molecule has 0 spiro atoms. The molecule has 2 heterocycles. The minimum atomic E-state index is 0.569. The second kappa shape index (κ2) is 11.5. The Morgan fingerprint density at radius 1 is 0.923 bits per heavy atom. The van der Waals surface area contributed by atoms with E-state index in [4.69, 9.17) is 20.4 Å². The zero-order chi connectivity index (χ0) is 9.78. The van der Waals surface area contributed by atoms with Crippen molar-refractivity contribution in [1.82, 2.24) is 19.9 Å². The van der Waals surface area contributed by atoms with E-state index in [1.807, 2.05) is 0 Å². The third kappa shape index (κ3) is 11.5. The van der Waals surface area contributed by atoms with E-state index in [1.165, 1.54) is 0 Å². The van der Waals surface area contributed by atoms with E-state index in [9.17, 15) is 0 Å². The Morgan fingerprint density at radius 2 is 1.31 bits per heavy atom. The maximum atomic E-state index is 4.70. The standard InChI is InChI=1S/2C3H4N2.2ClH.Ni/c2*1-2-5-3-4-1;;;/h2*1-3H,(H,4,5);2*1H;/q;;;;+2/p-2. The van der Waals surface area contributed by atoms with Gasteiger partial charge in [-0.2, -0.15) is 0 Å².